The Kier molecular flexibility index (Phi) is 5.96. The number of methoxy groups -OCH3 is 1. The van der Waals surface area contributed by atoms with Crippen molar-refractivity contribution in [3.05, 3.63) is 29.6 Å². The Bertz CT molecular complexity index is 456. The van der Waals surface area contributed by atoms with Crippen LogP contribution < -0.4 is 10.2 Å². The number of benzene rings is 1. The number of hydrogen-bond acceptors (Lipinski definition) is 4. The Morgan fingerprint density at radius 1 is 1.48 bits per heavy atom. The van der Waals surface area contributed by atoms with E-state index in [4.69, 9.17) is 9.47 Å². The summed E-state index contributed by atoms with van der Waals surface area (Å²) in [5.41, 5.74) is 1.64. The molecule has 0 aliphatic carbocycles. The molecule has 1 fully saturated rings. The Morgan fingerprint density at radius 2 is 2.29 bits per heavy atom. The number of nitrogens with zero attached hydrogens (tertiary/aromatic N) is 1. The molecule has 0 aromatic heterocycles. The van der Waals surface area contributed by atoms with Gasteiger partial charge < -0.3 is 19.7 Å². The molecule has 1 heterocycles. The van der Waals surface area contributed by atoms with E-state index >= 15 is 0 Å². The average molecular weight is 296 g/mol. The summed E-state index contributed by atoms with van der Waals surface area (Å²) in [6.07, 6.45) is 1.15. The largest absolute Gasteiger partial charge is 0.383 e. The summed E-state index contributed by atoms with van der Waals surface area (Å²) in [6.45, 7) is 4.67. The van der Waals surface area contributed by atoms with E-state index in [-0.39, 0.29) is 11.9 Å². The minimum Gasteiger partial charge on any atom is -0.383 e. The minimum absolute atomic E-state index is 0.171. The molecular weight excluding hydrogens is 271 g/mol. The molecule has 0 spiro atoms. The van der Waals surface area contributed by atoms with E-state index in [1.165, 1.54) is 6.07 Å². The van der Waals surface area contributed by atoms with Crippen LogP contribution in [0.25, 0.3) is 0 Å². The minimum atomic E-state index is -0.171. The number of ether oxygens (including phenoxy) is 2. The van der Waals surface area contributed by atoms with Crippen LogP contribution in [0.3, 0.4) is 0 Å². The van der Waals surface area contributed by atoms with E-state index in [0.29, 0.717) is 31.3 Å². The standard InChI is InChI=1S/C16H25FN2O2/c1-12-15(7-9-21-12)19(2)16-6-4-5-14(17)13(16)11-18-8-10-20-3/h4-6,12,15,18H,7-11H2,1-3H3. The van der Waals surface area contributed by atoms with Crippen molar-refractivity contribution in [2.75, 3.05) is 38.8 Å². The lowest BCUT2D eigenvalue weighted by Gasteiger charge is -2.30. The lowest BCUT2D eigenvalue weighted by molar-refractivity contribution is 0.118. The van der Waals surface area contributed by atoms with Gasteiger partial charge >= 0.3 is 0 Å². The fourth-order valence-electron chi connectivity index (χ4n) is 2.85. The van der Waals surface area contributed by atoms with Gasteiger partial charge in [-0.25, -0.2) is 4.39 Å². The van der Waals surface area contributed by atoms with Crippen LogP contribution in [0.15, 0.2) is 18.2 Å². The summed E-state index contributed by atoms with van der Waals surface area (Å²) in [6, 6.07) is 5.55. The van der Waals surface area contributed by atoms with Gasteiger partial charge in [-0.2, -0.15) is 0 Å². The molecule has 1 N–H and O–H groups in total. The maximum atomic E-state index is 14.2. The smallest absolute Gasteiger partial charge is 0.129 e. The summed E-state index contributed by atoms with van der Waals surface area (Å²) in [5.74, 6) is -0.171. The van der Waals surface area contributed by atoms with Crippen molar-refractivity contribution in [1.29, 1.82) is 0 Å². The van der Waals surface area contributed by atoms with Gasteiger partial charge in [-0.3, -0.25) is 0 Å². The first-order valence-electron chi connectivity index (χ1n) is 7.46. The molecule has 1 aromatic carbocycles. The zero-order valence-corrected chi connectivity index (χ0v) is 13.1. The number of nitrogens with one attached hydrogen (secondary N) is 1. The highest BCUT2D eigenvalue weighted by Gasteiger charge is 2.29. The molecule has 2 atom stereocenters. The van der Waals surface area contributed by atoms with E-state index in [2.05, 4.69) is 17.1 Å². The van der Waals surface area contributed by atoms with Crippen LogP contribution in [0, 0.1) is 5.82 Å². The molecule has 4 nitrogen and oxygen atoms in total. The molecule has 2 rings (SSSR count). The van der Waals surface area contributed by atoms with Crippen LogP contribution in [0.4, 0.5) is 10.1 Å². The van der Waals surface area contributed by atoms with Crippen LogP contribution in [0.5, 0.6) is 0 Å². The van der Waals surface area contributed by atoms with E-state index in [9.17, 15) is 4.39 Å². The molecule has 1 aliphatic heterocycles. The monoisotopic (exact) mass is 296 g/mol. The van der Waals surface area contributed by atoms with Crippen molar-refractivity contribution in [2.24, 2.45) is 0 Å². The second-order valence-corrected chi connectivity index (χ2v) is 5.45. The van der Waals surface area contributed by atoms with Crippen LogP contribution >= 0.6 is 0 Å². The van der Waals surface area contributed by atoms with Crippen molar-refractivity contribution in [2.45, 2.75) is 32.0 Å². The zero-order chi connectivity index (χ0) is 15.2. The van der Waals surface area contributed by atoms with Crippen LogP contribution in [-0.4, -0.2) is 46.1 Å². The summed E-state index contributed by atoms with van der Waals surface area (Å²) < 4.78 is 24.8. The highest BCUT2D eigenvalue weighted by atomic mass is 19.1. The zero-order valence-electron chi connectivity index (χ0n) is 13.1. The Labute approximate surface area is 126 Å². The highest BCUT2D eigenvalue weighted by molar-refractivity contribution is 5.54. The summed E-state index contributed by atoms with van der Waals surface area (Å²) in [4.78, 5) is 2.15. The molecular formula is C16H25FN2O2. The molecule has 0 bridgehead atoms. The lowest BCUT2D eigenvalue weighted by atomic mass is 10.1. The number of likely N-dealkylation sites (N-methyl/N-ethyl adjacent to an activating group) is 1. The van der Waals surface area contributed by atoms with Gasteiger partial charge in [0.15, 0.2) is 0 Å². The molecule has 0 amide bonds. The second kappa shape index (κ2) is 7.73. The molecule has 0 saturated carbocycles. The van der Waals surface area contributed by atoms with Gasteiger partial charge in [-0.1, -0.05) is 6.07 Å². The molecule has 1 aromatic rings. The molecule has 2 unspecified atom stereocenters. The van der Waals surface area contributed by atoms with E-state index in [1.807, 2.05) is 13.1 Å². The van der Waals surface area contributed by atoms with Gasteiger partial charge in [0.05, 0.1) is 18.8 Å². The Morgan fingerprint density at radius 3 is 2.95 bits per heavy atom. The topological polar surface area (TPSA) is 33.7 Å². The maximum absolute atomic E-state index is 14.2. The Balaban J connectivity index is 2.12. The third kappa shape index (κ3) is 3.93. The van der Waals surface area contributed by atoms with Gasteiger partial charge in [-0.05, 0) is 25.5 Å². The number of rotatable bonds is 7. The van der Waals surface area contributed by atoms with Crippen LogP contribution in [-0.2, 0) is 16.0 Å². The lowest BCUT2D eigenvalue weighted by Crippen LogP contribution is -2.37. The van der Waals surface area contributed by atoms with Gasteiger partial charge in [-0.15, -0.1) is 0 Å². The fraction of sp³-hybridized carbons (Fsp3) is 0.625. The molecule has 21 heavy (non-hydrogen) atoms. The van der Waals surface area contributed by atoms with Crippen molar-refractivity contribution in [3.8, 4) is 0 Å². The molecule has 1 aliphatic rings. The SMILES string of the molecule is COCCNCc1c(F)cccc1N(C)C1CCOC1C. The van der Waals surface area contributed by atoms with Crippen molar-refractivity contribution >= 4 is 5.69 Å². The third-order valence-corrected chi connectivity index (χ3v) is 4.09. The quantitative estimate of drug-likeness (QED) is 0.782. The van der Waals surface area contributed by atoms with Gasteiger partial charge in [0.25, 0.3) is 0 Å². The van der Waals surface area contributed by atoms with Crippen LogP contribution in [0.1, 0.15) is 18.9 Å². The van der Waals surface area contributed by atoms with Crippen molar-refractivity contribution in [1.82, 2.24) is 5.32 Å². The number of anilines is 1. The maximum Gasteiger partial charge on any atom is 0.129 e. The first kappa shape index (κ1) is 16.2. The molecule has 118 valence electrons. The first-order chi connectivity index (χ1) is 10.1. The molecule has 1 saturated heterocycles. The normalized spacial score (nSPS) is 21.7. The van der Waals surface area contributed by atoms with E-state index in [1.54, 1.807) is 13.2 Å². The first-order valence-corrected chi connectivity index (χ1v) is 7.46. The number of hydrogen-bond donors (Lipinski definition) is 1. The van der Waals surface area contributed by atoms with Crippen molar-refractivity contribution in [3.63, 3.8) is 0 Å². The summed E-state index contributed by atoms with van der Waals surface area (Å²) in [5, 5.41) is 3.22. The highest BCUT2D eigenvalue weighted by Crippen LogP contribution is 2.28. The second-order valence-electron chi connectivity index (χ2n) is 5.45. The predicted molar refractivity (Wildman–Crippen MR) is 82.2 cm³/mol. The molecule has 0 radical (unpaired) electrons. The van der Waals surface area contributed by atoms with E-state index < -0.39 is 0 Å². The average Bonchev–Trinajstić information content (AvgIpc) is 2.90. The Hall–Kier alpha value is -1.17. The van der Waals surface area contributed by atoms with Crippen molar-refractivity contribution < 1.29 is 13.9 Å². The van der Waals surface area contributed by atoms with Crippen LogP contribution in [0.2, 0.25) is 0 Å². The summed E-state index contributed by atoms with van der Waals surface area (Å²) >= 11 is 0. The third-order valence-electron chi connectivity index (χ3n) is 4.09. The summed E-state index contributed by atoms with van der Waals surface area (Å²) in [7, 11) is 3.68. The van der Waals surface area contributed by atoms with Gasteiger partial charge in [0, 0.05) is 45.1 Å². The fourth-order valence-corrected chi connectivity index (χ4v) is 2.85. The predicted octanol–water partition coefficient (Wildman–Crippen LogP) is 2.18. The molecule has 5 heteroatoms. The van der Waals surface area contributed by atoms with Gasteiger partial charge in [0.1, 0.15) is 5.82 Å². The number of halogens is 1. The van der Waals surface area contributed by atoms with Gasteiger partial charge in [0.2, 0.25) is 0 Å². The van der Waals surface area contributed by atoms with E-state index in [0.717, 1.165) is 18.7 Å².